The maximum atomic E-state index is 12.2. The third-order valence-corrected chi connectivity index (χ3v) is 3.88. The first-order valence-corrected chi connectivity index (χ1v) is 7.68. The van der Waals surface area contributed by atoms with E-state index in [0.29, 0.717) is 17.1 Å². The van der Waals surface area contributed by atoms with Crippen LogP contribution in [-0.4, -0.2) is 38.4 Å². The Morgan fingerprint density at radius 1 is 1.17 bits per heavy atom. The second-order valence-electron chi connectivity index (χ2n) is 5.78. The molecule has 0 radical (unpaired) electrons. The second kappa shape index (κ2) is 6.80. The van der Waals surface area contributed by atoms with Gasteiger partial charge in [-0.05, 0) is 35.9 Å². The van der Waals surface area contributed by atoms with Gasteiger partial charge in [-0.25, -0.2) is 0 Å². The summed E-state index contributed by atoms with van der Waals surface area (Å²) in [5.41, 5.74) is 2.27. The van der Waals surface area contributed by atoms with E-state index in [-0.39, 0.29) is 19.2 Å². The second-order valence-corrected chi connectivity index (χ2v) is 5.78. The fraction of sp³-hybridized carbons (Fsp3) is 0.278. The summed E-state index contributed by atoms with van der Waals surface area (Å²) in [6.07, 6.45) is -0.765. The molecule has 6 heteroatoms. The number of nitrogens with one attached hydrogen (secondary N) is 1. The van der Waals surface area contributed by atoms with Crippen LogP contribution in [0.5, 0.6) is 11.5 Å². The quantitative estimate of drug-likeness (QED) is 0.878. The summed E-state index contributed by atoms with van der Waals surface area (Å²) in [6.45, 7) is 0.302. The number of carbonyl (C=O) groups is 1. The molecule has 6 nitrogen and oxygen atoms in total. The van der Waals surface area contributed by atoms with E-state index in [9.17, 15) is 9.90 Å². The summed E-state index contributed by atoms with van der Waals surface area (Å²) >= 11 is 0. The summed E-state index contributed by atoms with van der Waals surface area (Å²) in [6, 6.07) is 12.6. The van der Waals surface area contributed by atoms with Crippen LogP contribution in [0.15, 0.2) is 42.5 Å². The number of fused-ring (bicyclic) bond motifs is 1. The first-order valence-electron chi connectivity index (χ1n) is 7.68. The number of rotatable bonds is 5. The van der Waals surface area contributed by atoms with Crippen LogP contribution < -0.4 is 19.7 Å². The van der Waals surface area contributed by atoms with Gasteiger partial charge in [-0.3, -0.25) is 4.79 Å². The van der Waals surface area contributed by atoms with E-state index < -0.39 is 6.10 Å². The van der Waals surface area contributed by atoms with Crippen LogP contribution in [-0.2, 0) is 0 Å². The topological polar surface area (TPSA) is 71.0 Å². The largest absolute Gasteiger partial charge is 0.454 e. The van der Waals surface area contributed by atoms with Gasteiger partial charge in [0.2, 0.25) is 6.79 Å². The molecule has 1 aliphatic rings. The molecule has 0 bridgehead atoms. The smallest absolute Gasteiger partial charge is 0.251 e. The van der Waals surface area contributed by atoms with E-state index in [0.717, 1.165) is 11.3 Å². The average Bonchev–Trinajstić information content (AvgIpc) is 3.07. The van der Waals surface area contributed by atoms with Crippen LogP contribution in [0.3, 0.4) is 0 Å². The molecule has 0 fully saturated rings. The molecule has 0 aliphatic carbocycles. The highest BCUT2D eigenvalue weighted by atomic mass is 16.7. The monoisotopic (exact) mass is 328 g/mol. The minimum absolute atomic E-state index is 0.134. The SMILES string of the molecule is CN(C)c1ccc([C@@H](O)CNC(=O)c2ccc3c(c2)OCO3)cc1. The normalized spacial score (nSPS) is 13.5. The number of aliphatic hydroxyl groups is 1. The fourth-order valence-corrected chi connectivity index (χ4v) is 2.44. The molecule has 2 aromatic carbocycles. The van der Waals surface area contributed by atoms with Gasteiger partial charge in [0.05, 0.1) is 6.10 Å². The molecule has 2 N–H and O–H groups in total. The summed E-state index contributed by atoms with van der Waals surface area (Å²) in [7, 11) is 3.91. The van der Waals surface area contributed by atoms with Crippen molar-refractivity contribution in [3.63, 3.8) is 0 Å². The zero-order chi connectivity index (χ0) is 17.1. The lowest BCUT2D eigenvalue weighted by Gasteiger charge is -2.16. The van der Waals surface area contributed by atoms with Crippen molar-refractivity contribution in [1.82, 2.24) is 5.32 Å². The molecule has 0 aromatic heterocycles. The Bertz CT molecular complexity index is 728. The van der Waals surface area contributed by atoms with Gasteiger partial charge in [0, 0.05) is 31.9 Å². The van der Waals surface area contributed by atoms with Gasteiger partial charge in [-0.2, -0.15) is 0 Å². The van der Waals surface area contributed by atoms with Gasteiger partial charge in [0.25, 0.3) is 5.91 Å². The Labute approximate surface area is 140 Å². The Kier molecular flexibility index (Phi) is 4.57. The number of nitrogens with zero attached hydrogens (tertiary/aromatic N) is 1. The molecule has 1 aliphatic heterocycles. The number of hydrogen-bond donors (Lipinski definition) is 2. The van der Waals surface area contributed by atoms with Crippen molar-refractivity contribution < 1.29 is 19.4 Å². The van der Waals surface area contributed by atoms with Crippen molar-refractivity contribution in [2.45, 2.75) is 6.10 Å². The van der Waals surface area contributed by atoms with Gasteiger partial charge in [-0.1, -0.05) is 12.1 Å². The molecule has 3 rings (SSSR count). The van der Waals surface area contributed by atoms with Crippen LogP contribution in [0.1, 0.15) is 22.0 Å². The molecule has 0 unspecified atom stereocenters. The van der Waals surface area contributed by atoms with Crippen LogP contribution in [0.2, 0.25) is 0 Å². The maximum absolute atomic E-state index is 12.2. The van der Waals surface area contributed by atoms with E-state index >= 15 is 0 Å². The number of ether oxygens (including phenoxy) is 2. The third-order valence-electron chi connectivity index (χ3n) is 3.88. The lowest BCUT2D eigenvalue weighted by molar-refractivity contribution is 0.0916. The van der Waals surface area contributed by atoms with Gasteiger partial charge in [0.1, 0.15) is 0 Å². The van der Waals surface area contributed by atoms with E-state index in [2.05, 4.69) is 5.32 Å². The molecule has 0 saturated carbocycles. The first-order chi connectivity index (χ1) is 11.5. The van der Waals surface area contributed by atoms with Gasteiger partial charge in [0.15, 0.2) is 11.5 Å². The molecule has 126 valence electrons. The molecule has 1 amide bonds. The molecular formula is C18H20N2O4. The predicted molar refractivity (Wildman–Crippen MR) is 90.6 cm³/mol. The molecular weight excluding hydrogens is 308 g/mol. The lowest BCUT2D eigenvalue weighted by Crippen LogP contribution is -2.28. The van der Waals surface area contributed by atoms with Crippen LogP contribution in [0, 0.1) is 0 Å². The van der Waals surface area contributed by atoms with E-state index in [1.54, 1.807) is 18.2 Å². The van der Waals surface area contributed by atoms with Crippen LogP contribution in [0.25, 0.3) is 0 Å². The molecule has 2 aromatic rings. The molecule has 1 atom stereocenters. The van der Waals surface area contributed by atoms with Crippen molar-refractivity contribution in [3.8, 4) is 11.5 Å². The van der Waals surface area contributed by atoms with Gasteiger partial charge < -0.3 is 24.8 Å². The maximum Gasteiger partial charge on any atom is 0.251 e. The Morgan fingerprint density at radius 2 is 1.88 bits per heavy atom. The predicted octanol–water partition coefficient (Wildman–Crippen LogP) is 1.94. The van der Waals surface area contributed by atoms with Crippen molar-refractivity contribution in [1.29, 1.82) is 0 Å². The van der Waals surface area contributed by atoms with Gasteiger partial charge >= 0.3 is 0 Å². The number of aliphatic hydroxyl groups excluding tert-OH is 1. The molecule has 1 heterocycles. The zero-order valence-corrected chi connectivity index (χ0v) is 13.7. The fourth-order valence-electron chi connectivity index (χ4n) is 2.44. The molecule has 24 heavy (non-hydrogen) atoms. The lowest BCUT2D eigenvalue weighted by atomic mass is 10.1. The number of anilines is 1. The summed E-state index contributed by atoms with van der Waals surface area (Å²) < 4.78 is 10.5. The Hall–Kier alpha value is -2.73. The highest BCUT2D eigenvalue weighted by Gasteiger charge is 2.17. The average molecular weight is 328 g/mol. The van der Waals surface area contributed by atoms with E-state index in [4.69, 9.17) is 9.47 Å². The standard InChI is InChI=1S/C18H20N2O4/c1-20(2)14-6-3-12(4-7-14)15(21)10-19-18(22)13-5-8-16-17(9-13)24-11-23-16/h3-9,15,21H,10-11H2,1-2H3,(H,19,22)/t15-/m0/s1. The van der Waals surface area contributed by atoms with E-state index in [1.165, 1.54) is 0 Å². The van der Waals surface area contributed by atoms with Crippen molar-refractivity contribution >= 4 is 11.6 Å². The van der Waals surface area contributed by atoms with Crippen molar-refractivity contribution in [2.75, 3.05) is 32.3 Å². The van der Waals surface area contributed by atoms with Crippen LogP contribution in [0.4, 0.5) is 5.69 Å². The highest BCUT2D eigenvalue weighted by Crippen LogP contribution is 2.32. The Morgan fingerprint density at radius 3 is 2.58 bits per heavy atom. The summed E-state index contributed by atoms with van der Waals surface area (Å²) in [5.74, 6) is 0.923. The third kappa shape index (κ3) is 3.44. The van der Waals surface area contributed by atoms with Crippen molar-refractivity contribution in [2.24, 2.45) is 0 Å². The number of amides is 1. The van der Waals surface area contributed by atoms with Crippen molar-refractivity contribution in [3.05, 3.63) is 53.6 Å². The zero-order valence-electron chi connectivity index (χ0n) is 13.7. The first kappa shape index (κ1) is 16.1. The molecule has 0 spiro atoms. The highest BCUT2D eigenvalue weighted by molar-refractivity contribution is 5.94. The van der Waals surface area contributed by atoms with Gasteiger partial charge in [-0.15, -0.1) is 0 Å². The van der Waals surface area contributed by atoms with E-state index in [1.807, 2.05) is 43.3 Å². The number of hydrogen-bond acceptors (Lipinski definition) is 5. The number of carbonyl (C=O) groups excluding carboxylic acids is 1. The van der Waals surface area contributed by atoms with Crippen LogP contribution >= 0.6 is 0 Å². The minimum atomic E-state index is -0.765. The molecule has 0 saturated heterocycles. The summed E-state index contributed by atoms with van der Waals surface area (Å²) in [4.78, 5) is 14.2. The minimum Gasteiger partial charge on any atom is -0.454 e. The number of benzene rings is 2. The summed E-state index contributed by atoms with van der Waals surface area (Å²) in [5, 5.41) is 13.0. The Balaban J connectivity index is 1.59.